The number of carbonyl (C=O) groups excluding carboxylic acids is 2. The van der Waals surface area contributed by atoms with E-state index in [9.17, 15) is 19.7 Å². The molecule has 1 heterocycles. The second-order valence-electron chi connectivity index (χ2n) is 4.24. The molecule has 9 heteroatoms. The Labute approximate surface area is 139 Å². The molecule has 0 aliphatic heterocycles. The third kappa shape index (κ3) is 4.54. The van der Waals surface area contributed by atoms with Gasteiger partial charge in [-0.2, -0.15) is 0 Å². The van der Waals surface area contributed by atoms with Crippen LogP contribution in [0.4, 0.5) is 11.4 Å². The van der Waals surface area contributed by atoms with E-state index in [2.05, 4.69) is 10.1 Å². The summed E-state index contributed by atoms with van der Waals surface area (Å²) in [4.78, 5) is 34.6. The monoisotopic (exact) mass is 352 g/mol. The molecule has 1 aromatic heterocycles. The maximum absolute atomic E-state index is 11.9. The average Bonchev–Trinajstić information content (AvgIpc) is 3.00. The normalized spacial score (nSPS) is 10.1. The summed E-state index contributed by atoms with van der Waals surface area (Å²) in [6.07, 6.45) is 0. The summed E-state index contributed by atoms with van der Waals surface area (Å²) >= 11 is 2.43. The Kier molecular flexibility index (Phi) is 5.72. The Bertz CT molecular complexity index is 727. The van der Waals surface area contributed by atoms with Crippen LogP contribution in [0.15, 0.2) is 40.6 Å². The van der Waals surface area contributed by atoms with Crippen LogP contribution in [-0.4, -0.2) is 29.7 Å². The van der Waals surface area contributed by atoms with Crippen molar-refractivity contribution in [3.05, 3.63) is 50.7 Å². The molecule has 0 spiro atoms. The van der Waals surface area contributed by atoms with Crippen molar-refractivity contribution >= 4 is 46.3 Å². The molecule has 0 aliphatic rings. The Morgan fingerprint density at radius 3 is 2.61 bits per heavy atom. The summed E-state index contributed by atoms with van der Waals surface area (Å²) in [7, 11) is 1.28. The van der Waals surface area contributed by atoms with Gasteiger partial charge < -0.3 is 10.1 Å². The third-order valence-electron chi connectivity index (χ3n) is 2.73. The van der Waals surface area contributed by atoms with E-state index in [1.54, 1.807) is 23.6 Å². The zero-order valence-corrected chi connectivity index (χ0v) is 13.6. The first kappa shape index (κ1) is 17.0. The van der Waals surface area contributed by atoms with Gasteiger partial charge in [-0.05, 0) is 23.6 Å². The van der Waals surface area contributed by atoms with Gasteiger partial charge in [-0.3, -0.25) is 14.9 Å². The first-order chi connectivity index (χ1) is 11.0. The number of anilines is 1. The predicted octanol–water partition coefficient (Wildman–Crippen LogP) is 3.17. The van der Waals surface area contributed by atoms with Gasteiger partial charge in [-0.1, -0.05) is 0 Å². The number of nitro groups is 1. The number of esters is 1. The van der Waals surface area contributed by atoms with Crippen LogP contribution in [0.1, 0.15) is 9.67 Å². The van der Waals surface area contributed by atoms with Crippen molar-refractivity contribution in [2.24, 2.45) is 0 Å². The number of thioether (sulfide) groups is 1. The summed E-state index contributed by atoms with van der Waals surface area (Å²) in [5.74, 6) is -0.663. The number of nitro benzene ring substituents is 1. The van der Waals surface area contributed by atoms with Crippen molar-refractivity contribution in [1.29, 1.82) is 0 Å². The molecule has 0 atom stereocenters. The van der Waals surface area contributed by atoms with Crippen LogP contribution < -0.4 is 5.32 Å². The standard InChI is InChI=1S/C14H12N2O5S2/c1-21-14(18)13-11(6-7-22-13)15-12(17)8-23-10-4-2-9(3-5-10)16(19)20/h2-7H,8H2,1H3,(H,15,17). The summed E-state index contributed by atoms with van der Waals surface area (Å²) in [5, 5.41) is 14.9. The number of thiophene rings is 1. The smallest absolute Gasteiger partial charge is 0.350 e. The summed E-state index contributed by atoms with van der Waals surface area (Å²) in [6.45, 7) is 0. The van der Waals surface area contributed by atoms with Gasteiger partial charge in [0.1, 0.15) is 4.88 Å². The first-order valence-corrected chi connectivity index (χ1v) is 8.20. The average molecular weight is 352 g/mol. The lowest BCUT2D eigenvalue weighted by atomic mass is 10.3. The number of hydrogen-bond acceptors (Lipinski definition) is 7. The van der Waals surface area contributed by atoms with Crippen LogP contribution >= 0.6 is 23.1 Å². The van der Waals surface area contributed by atoms with E-state index in [1.165, 1.54) is 42.3 Å². The van der Waals surface area contributed by atoms with Gasteiger partial charge in [0.05, 0.1) is 23.5 Å². The number of methoxy groups -OCH3 is 1. The van der Waals surface area contributed by atoms with Crippen molar-refractivity contribution in [1.82, 2.24) is 0 Å². The largest absolute Gasteiger partial charge is 0.465 e. The molecule has 1 N–H and O–H groups in total. The molecule has 0 saturated heterocycles. The second kappa shape index (κ2) is 7.75. The Morgan fingerprint density at radius 2 is 2.00 bits per heavy atom. The van der Waals surface area contributed by atoms with Crippen molar-refractivity contribution < 1.29 is 19.2 Å². The number of ether oxygens (including phenoxy) is 1. The van der Waals surface area contributed by atoms with Gasteiger partial charge in [0, 0.05) is 17.0 Å². The van der Waals surface area contributed by atoms with Crippen molar-refractivity contribution in [3.63, 3.8) is 0 Å². The summed E-state index contributed by atoms with van der Waals surface area (Å²) < 4.78 is 4.64. The van der Waals surface area contributed by atoms with Gasteiger partial charge in [-0.15, -0.1) is 23.1 Å². The lowest BCUT2D eigenvalue weighted by Crippen LogP contribution is -2.15. The lowest BCUT2D eigenvalue weighted by molar-refractivity contribution is -0.384. The number of benzene rings is 1. The molecular formula is C14H12N2O5S2. The highest BCUT2D eigenvalue weighted by atomic mass is 32.2. The second-order valence-corrected chi connectivity index (χ2v) is 6.21. The van der Waals surface area contributed by atoms with Gasteiger partial charge in [0.2, 0.25) is 5.91 Å². The van der Waals surface area contributed by atoms with E-state index in [1.807, 2.05) is 0 Å². The number of carbonyl (C=O) groups is 2. The molecule has 1 amide bonds. The maximum atomic E-state index is 11.9. The SMILES string of the molecule is COC(=O)c1sccc1NC(=O)CSc1ccc([N+](=O)[O-])cc1. The number of rotatable bonds is 6. The molecule has 120 valence electrons. The van der Waals surface area contributed by atoms with E-state index in [0.717, 1.165) is 4.90 Å². The zero-order valence-electron chi connectivity index (χ0n) is 12.0. The zero-order chi connectivity index (χ0) is 16.8. The number of hydrogen-bond donors (Lipinski definition) is 1. The Hall–Kier alpha value is -2.39. The Balaban J connectivity index is 1.91. The maximum Gasteiger partial charge on any atom is 0.350 e. The molecule has 0 bridgehead atoms. The molecule has 0 radical (unpaired) electrons. The van der Waals surface area contributed by atoms with E-state index >= 15 is 0 Å². The molecule has 23 heavy (non-hydrogen) atoms. The molecule has 0 fully saturated rings. The van der Waals surface area contributed by atoms with Gasteiger partial charge in [0.15, 0.2) is 0 Å². The quantitative estimate of drug-likeness (QED) is 0.371. The number of amides is 1. The van der Waals surface area contributed by atoms with Crippen LogP contribution in [-0.2, 0) is 9.53 Å². The number of nitrogens with zero attached hydrogens (tertiary/aromatic N) is 1. The molecule has 7 nitrogen and oxygen atoms in total. The fourth-order valence-electron chi connectivity index (χ4n) is 1.66. The highest BCUT2D eigenvalue weighted by Crippen LogP contribution is 2.25. The Morgan fingerprint density at radius 1 is 1.30 bits per heavy atom. The van der Waals surface area contributed by atoms with Gasteiger partial charge in [-0.25, -0.2) is 4.79 Å². The highest BCUT2D eigenvalue weighted by molar-refractivity contribution is 8.00. The highest BCUT2D eigenvalue weighted by Gasteiger charge is 2.15. The number of non-ortho nitro benzene ring substituents is 1. The van der Waals surface area contributed by atoms with Crippen molar-refractivity contribution in [2.75, 3.05) is 18.2 Å². The van der Waals surface area contributed by atoms with Crippen LogP contribution in [0.5, 0.6) is 0 Å². The molecule has 2 rings (SSSR count). The molecule has 2 aromatic rings. The molecule has 0 saturated carbocycles. The van der Waals surface area contributed by atoms with E-state index in [-0.39, 0.29) is 17.3 Å². The van der Waals surface area contributed by atoms with Crippen LogP contribution in [0, 0.1) is 10.1 Å². The van der Waals surface area contributed by atoms with Gasteiger partial charge >= 0.3 is 5.97 Å². The predicted molar refractivity (Wildman–Crippen MR) is 88.1 cm³/mol. The molecular weight excluding hydrogens is 340 g/mol. The van der Waals surface area contributed by atoms with Crippen LogP contribution in [0.3, 0.4) is 0 Å². The first-order valence-electron chi connectivity index (χ1n) is 6.34. The molecule has 0 aliphatic carbocycles. The molecule has 0 unspecified atom stereocenters. The minimum atomic E-state index is -0.502. The van der Waals surface area contributed by atoms with Crippen LogP contribution in [0.2, 0.25) is 0 Å². The fraction of sp³-hybridized carbons (Fsp3) is 0.143. The van der Waals surface area contributed by atoms with E-state index in [4.69, 9.17) is 0 Å². The van der Waals surface area contributed by atoms with Gasteiger partial charge in [0.25, 0.3) is 5.69 Å². The minimum absolute atomic E-state index is 0.000190. The van der Waals surface area contributed by atoms with E-state index in [0.29, 0.717) is 10.6 Å². The minimum Gasteiger partial charge on any atom is -0.465 e. The fourth-order valence-corrected chi connectivity index (χ4v) is 3.12. The number of nitrogens with one attached hydrogen (secondary N) is 1. The lowest BCUT2D eigenvalue weighted by Gasteiger charge is -2.05. The van der Waals surface area contributed by atoms with E-state index < -0.39 is 10.9 Å². The van der Waals surface area contributed by atoms with Crippen molar-refractivity contribution in [3.8, 4) is 0 Å². The summed E-state index contributed by atoms with van der Waals surface area (Å²) in [6, 6.07) is 7.56. The third-order valence-corrected chi connectivity index (χ3v) is 4.63. The van der Waals surface area contributed by atoms with Crippen LogP contribution in [0.25, 0.3) is 0 Å². The van der Waals surface area contributed by atoms with Crippen molar-refractivity contribution in [2.45, 2.75) is 4.90 Å². The summed E-state index contributed by atoms with van der Waals surface area (Å²) in [5.41, 5.74) is 0.413. The molecule has 1 aromatic carbocycles. The topological polar surface area (TPSA) is 98.5 Å².